The molecule has 0 unspecified atom stereocenters. The second-order valence-corrected chi connectivity index (χ2v) is 12.7. The van der Waals surface area contributed by atoms with E-state index in [4.69, 9.17) is 22.2 Å². The molecule has 0 saturated carbocycles. The first-order valence-electron chi connectivity index (χ1n) is 19.4. The van der Waals surface area contributed by atoms with Crippen LogP contribution in [0, 0.1) is 0 Å². The van der Waals surface area contributed by atoms with Gasteiger partial charge in [-0.1, -0.05) is 0 Å². The topological polar surface area (TPSA) is 468 Å². The Morgan fingerprint density at radius 3 is 1.01 bits per heavy atom. The number of hydrogen-bond donors (Lipinski definition) is 19. The molecule has 0 aromatic rings. The zero-order valence-electron chi connectivity index (χ0n) is 39.4. The number of carbonyl (C=O) groups is 6. The molecule has 79 heavy (non-hydrogen) atoms. The molecule has 0 aliphatic carbocycles. The fraction of sp³-hybridized carbons (Fsp3) is 0.630. The van der Waals surface area contributed by atoms with E-state index in [1.165, 1.54) is 33.4 Å². The van der Waals surface area contributed by atoms with Crippen molar-refractivity contribution < 1.29 is 122 Å². The van der Waals surface area contributed by atoms with Crippen molar-refractivity contribution in [2.24, 2.45) is 38.7 Å². The second kappa shape index (κ2) is 44.0. The average molecular weight is 1230 g/mol. The van der Waals surface area contributed by atoms with Crippen LogP contribution in [0.2, 0.25) is 6.82 Å². The molecule has 0 aromatic heterocycles. The zero-order chi connectivity index (χ0) is 63.4. The van der Waals surface area contributed by atoms with E-state index in [9.17, 15) is 117 Å². The monoisotopic (exact) mass is 1230 g/mol. The van der Waals surface area contributed by atoms with Gasteiger partial charge >= 0.3 is 244 Å². The summed E-state index contributed by atoms with van der Waals surface area (Å²) in [7, 11) is 0.132. The number of alkyl halides is 18. The third-order valence-corrected chi connectivity index (χ3v) is 6.03. The van der Waals surface area contributed by atoms with Gasteiger partial charge in [-0.15, -0.1) is 0 Å². The van der Waals surface area contributed by atoms with E-state index in [0.29, 0.717) is 13.1 Å². The first kappa shape index (κ1) is 83.4. The van der Waals surface area contributed by atoms with Gasteiger partial charge in [-0.3, -0.25) is 19.2 Å². The van der Waals surface area contributed by atoms with Crippen LogP contribution in [0.1, 0.15) is 0 Å². The van der Waals surface area contributed by atoms with Crippen molar-refractivity contribution in [1.29, 1.82) is 0 Å². The van der Waals surface area contributed by atoms with Gasteiger partial charge in [-0.2, -0.15) is 52.7 Å². The number of carbonyl (C=O) groups excluding carboxylic acids is 6. The van der Waals surface area contributed by atoms with Crippen LogP contribution < -0.4 is 97.7 Å². The number of nitrogens with two attached hydrogens (primary N) is 5. The molecule has 24 N–H and O–H groups in total. The Labute approximate surface area is 443 Å². The molecule has 0 aromatic carbocycles. The van der Waals surface area contributed by atoms with E-state index >= 15 is 0 Å². The molecule has 0 bridgehead atoms. The first-order chi connectivity index (χ1) is 35.9. The number of aliphatic imine (C=N–C) groups is 2. The summed E-state index contributed by atoms with van der Waals surface area (Å²) in [6.07, 6.45) is -29.8. The van der Waals surface area contributed by atoms with Crippen LogP contribution in [0.5, 0.6) is 0 Å². The minimum atomic E-state index is -5.12. The molecule has 0 aliphatic heterocycles. The van der Waals surface area contributed by atoms with Gasteiger partial charge < -0.3 is 59.4 Å². The summed E-state index contributed by atoms with van der Waals surface area (Å²) in [5.41, 5.74) is 24.4. The summed E-state index contributed by atoms with van der Waals surface area (Å²) < 4.78 is 228. The van der Waals surface area contributed by atoms with E-state index in [1.54, 1.807) is 5.32 Å². The molecule has 0 saturated heterocycles. The van der Waals surface area contributed by atoms with Crippen molar-refractivity contribution in [3.63, 3.8) is 0 Å². The molecule has 456 valence electrons. The molecule has 0 rings (SSSR count). The number of guanidine groups is 2. The van der Waals surface area contributed by atoms with Gasteiger partial charge in [0.25, 0.3) is 0 Å². The van der Waals surface area contributed by atoms with Crippen molar-refractivity contribution in [2.75, 3.05) is 66.2 Å². The first-order valence-corrected chi connectivity index (χ1v) is 20.3. The Morgan fingerprint density at radius 2 is 0.747 bits per heavy atom. The third-order valence-electron chi connectivity index (χ3n) is 5.63. The predicted octanol–water partition coefficient (Wildman–Crippen LogP) is -6.02. The van der Waals surface area contributed by atoms with Crippen LogP contribution in [-0.2, 0) is 38.2 Å². The van der Waals surface area contributed by atoms with E-state index < -0.39 is 126 Å². The van der Waals surface area contributed by atoms with Gasteiger partial charge in [0, 0.05) is 0 Å². The summed E-state index contributed by atoms with van der Waals surface area (Å²) in [5, 5.41) is 33.5. The predicted molar refractivity (Wildman–Crippen MR) is 244 cm³/mol. The Morgan fingerprint density at radius 1 is 0.456 bits per heavy atom. The number of amides is 6. The van der Waals surface area contributed by atoms with E-state index in [-0.39, 0.29) is 36.5 Å². The van der Waals surface area contributed by atoms with Crippen LogP contribution in [-0.4, -0.2) is 187 Å². The number of nitrogens with one attached hydrogen (secondary N) is 13. The van der Waals surface area contributed by atoms with Crippen molar-refractivity contribution in [3.05, 3.63) is 0 Å². The van der Waals surface area contributed by atoms with Crippen LogP contribution in [0.3, 0.4) is 0 Å². The maximum absolute atomic E-state index is 11.9. The third kappa shape index (κ3) is 57.1. The standard InChI is InChI=1S/C8H10BF6N5O3.C5H9BF3N3O2S.C4H12BN5O.C4H6F3N3OS.2C3H5F3N2O/c10-7(11,12)4(21)17-2-19-6(16-1-9-23)20-3-18-5(22)8(13,14)15;1-6(14)12-4(15)11-2-10-3(13)5(7,8)9;6-2-9-4(10-3-7)8-1-5-11;5-4(6,7)2(11)9-1-10-3(8)12;2*4-3(5,6)2(9)8-1-7/h1-3H2,(H,17,21)(H,18,22)(H2,16,19,20);14H,2H2,1H3,(H,10,13)(H2,11,12,15);1-3,6-7H2,(H2,8,9,10);1H2,(H,9,11)(H3,8,10,12);2*1,7H2,(H,8,9). The van der Waals surface area contributed by atoms with Crippen LogP contribution in [0.15, 0.2) is 9.98 Å². The molecule has 0 heterocycles. The van der Waals surface area contributed by atoms with E-state index in [2.05, 4.69) is 83.0 Å². The molecule has 0 fully saturated rings. The van der Waals surface area contributed by atoms with E-state index in [1.807, 2.05) is 0 Å². The van der Waals surface area contributed by atoms with Crippen molar-refractivity contribution >= 4 is 103 Å². The Balaban J connectivity index is -0.000000210. The average Bonchev–Trinajstić information content (AvgIpc) is 3.28. The van der Waals surface area contributed by atoms with Gasteiger partial charge in [0.15, 0.2) is 10.2 Å². The summed E-state index contributed by atoms with van der Waals surface area (Å²) in [6, 6.07) is 0. The minimum absolute atomic E-state index is 0.0625. The summed E-state index contributed by atoms with van der Waals surface area (Å²) >= 11 is 8.84. The summed E-state index contributed by atoms with van der Waals surface area (Å²) in [4.78, 5) is 68.0. The molecule has 52 heteroatoms. The molecule has 6 amide bonds. The zero-order valence-corrected chi connectivity index (χ0v) is 41.1. The second-order valence-electron chi connectivity index (χ2n) is 11.8. The van der Waals surface area contributed by atoms with Crippen molar-refractivity contribution in [1.82, 2.24) is 69.0 Å². The Kier molecular flexibility index (Phi) is 46.4. The molecule has 0 radical (unpaired) electrons. The Hall–Kier alpha value is -6.93. The normalized spacial score (nSPS) is 11.1. The van der Waals surface area contributed by atoms with Gasteiger partial charge in [0.2, 0.25) is 0 Å². The SMILES string of the molecule is CB(O)NC(=S)NCNC(=O)C(F)(F)F.NC(=S)NCNC(=O)C(F)(F)F.NCN=C(NCN)NCB=O.NCNC(=O)C(F)(F)F.NCNC(=O)C(F)(F)F.O=BCNC(=NCNC(=O)C(F)(F)F)NCNC(=O)C(F)(F)F. The van der Waals surface area contributed by atoms with Crippen LogP contribution >= 0.6 is 24.4 Å². The molecule has 29 nitrogen and oxygen atoms in total. The molecule has 0 spiro atoms. The van der Waals surface area contributed by atoms with Gasteiger partial charge in [-0.25, -0.2) is 0 Å². The number of thiocarbonyl (C=S) groups is 2. The van der Waals surface area contributed by atoms with Gasteiger partial charge in [0.1, 0.15) is 0 Å². The van der Waals surface area contributed by atoms with Crippen molar-refractivity contribution in [2.45, 2.75) is 43.9 Å². The van der Waals surface area contributed by atoms with Gasteiger partial charge in [-0.05, 0) is 31.3 Å². The molecular weight excluding hydrogens is 1190 g/mol. The summed E-state index contributed by atoms with van der Waals surface area (Å²) in [5.74, 6) is -12.6. The fourth-order valence-electron chi connectivity index (χ4n) is 2.66. The van der Waals surface area contributed by atoms with Crippen LogP contribution in [0.4, 0.5) is 79.0 Å². The van der Waals surface area contributed by atoms with Crippen LogP contribution in [0.25, 0.3) is 0 Å². The van der Waals surface area contributed by atoms with Gasteiger partial charge in [0.05, 0.1) is 26.7 Å². The van der Waals surface area contributed by atoms with Crippen molar-refractivity contribution in [3.8, 4) is 0 Å². The quantitative estimate of drug-likeness (QED) is 0.0161. The Bertz CT molecular complexity index is 1900. The molecule has 0 aliphatic rings. The summed E-state index contributed by atoms with van der Waals surface area (Å²) in [6.45, 7) is -1.78. The molecular formula is C27H47B3F18N20O9S2. The molecule has 0 atom stereocenters. The number of rotatable bonds is 17. The fourth-order valence-corrected chi connectivity index (χ4v) is 2.97. The number of nitrogens with zero attached hydrogens (tertiary/aromatic N) is 2. The number of hydrogen-bond acceptors (Lipinski definition) is 17. The number of halogens is 18. The van der Waals surface area contributed by atoms with E-state index in [0.717, 1.165) is 7.15 Å². The maximum atomic E-state index is 11.9.